The Kier molecular flexibility index (Phi) is 5.68. The predicted molar refractivity (Wildman–Crippen MR) is 79.4 cm³/mol. The number of hydrogen-bond acceptors (Lipinski definition) is 4. The van der Waals surface area contributed by atoms with E-state index in [1.165, 1.54) is 5.56 Å². The molecule has 0 fully saturated rings. The minimum Gasteiger partial charge on any atom is -0.490 e. The van der Waals surface area contributed by atoms with Gasteiger partial charge in [0.2, 0.25) is 0 Å². The molecular weight excluding hydrogens is 254 g/mol. The highest BCUT2D eigenvalue weighted by Gasteiger charge is 2.13. The highest BCUT2D eigenvalue weighted by Crippen LogP contribution is 2.32. The molecule has 0 saturated heterocycles. The summed E-state index contributed by atoms with van der Waals surface area (Å²) in [6.07, 6.45) is 2.30. The maximum Gasteiger partial charge on any atom is 0.161 e. The molecule has 4 nitrogen and oxygen atoms in total. The summed E-state index contributed by atoms with van der Waals surface area (Å²) in [5, 5.41) is 13.0. The lowest BCUT2D eigenvalue weighted by molar-refractivity contribution is 0.159. The molecule has 2 N–H and O–H groups in total. The zero-order chi connectivity index (χ0) is 14.4. The van der Waals surface area contributed by atoms with Crippen LogP contribution in [0.4, 0.5) is 0 Å². The van der Waals surface area contributed by atoms with Gasteiger partial charge in [0.05, 0.1) is 19.3 Å². The molecule has 2 unspecified atom stereocenters. The van der Waals surface area contributed by atoms with Gasteiger partial charge in [-0.25, -0.2) is 0 Å². The summed E-state index contributed by atoms with van der Waals surface area (Å²) in [6.45, 7) is 6.36. The Bertz CT molecular complexity index is 422. The molecule has 1 aliphatic rings. The normalized spacial score (nSPS) is 17.4. The van der Waals surface area contributed by atoms with Gasteiger partial charge in [-0.1, -0.05) is 13.0 Å². The molecule has 0 radical (unpaired) electrons. The van der Waals surface area contributed by atoms with Crippen molar-refractivity contribution < 1.29 is 14.6 Å². The average molecular weight is 279 g/mol. The highest BCUT2D eigenvalue weighted by molar-refractivity contribution is 5.44. The first-order valence-corrected chi connectivity index (χ1v) is 7.51. The van der Waals surface area contributed by atoms with E-state index in [2.05, 4.69) is 24.4 Å². The molecule has 20 heavy (non-hydrogen) atoms. The van der Waals surface area contributed by atoms with E-state index in [1.807, 2.05) is 13.0 Å². The van der Waals surface area contributed by atoms with Gasteiger partial charge >= 0.3 is 0 Å². The van der Waals surface area contributed by atoms with Crippen molar-refractivity contribution in [3.05, 3.63) is 23.8 Å². The van der Waals surface area contributed by atoms with Crippen LogP contribution in [0, 0.1) is 0 Å². The van der Waals surface area contributed by atoms with Gasteiger partial charge in [0.1, 0.15) is 0 Å². The second kappa shape index (κ2) is 7.50. The van der Waals surface area contributed by atoms with Crippen molar-refractivity contribution in [2.75, 3.05) is 19.8 Å². The molecule has 2 rings (SSSR count). The Morgan fingerprint density at radius 1 is 1.25 bits per heavy atom. The summed E-state index contributed by atoms with van der Waals surface area (Å²) in [4.78, 5) is 0. The molecule has 1 aliphatic heterocycles. The van der Waals surface area contributed by atoms with Crippen LogP contribution in [0.5, 0.6) is 11.5 Å². The number of rotatable bonds is 6. The van der Waals surface area contributed by atoms with Crippen molar-refractivity contribution >= 4 is 0 Å². The van der Waals surface area contributed by atoms with Gasteiger partial charge in [-0.3, -0.25) is 0 Å². The van der Waals surface area contributed by atoms with E-state index >= 15 is 0 Å². The molecule has 112 valence electrons. The molecule has 0 aliphatic carbocycles. The second-order valence-corrected chi connectivity index (χ2v) is 5.28. The number of aliphatic hydroxyl groups excluding tert-OH is 1. The first-order valence-electron chi connectivity index (χ1n) is 7.51. The first kappa shape index (κ1) is 15.1. The van der Waals surface area contributed by atoms with Crippen molar-refractivity contribution in [3.8, 4) is 11.5 Å². The zero-order valence-electron chi connectivity index (χ0n) is 12.4. The topological polar surface area (TPSA) is 50.7 Å². The summed E-state index contributed by atoms with van der Waals surface area (Å²) in [6, 6.07) is 6.33. The van der Waals surface area contributed by atoms with Crippen LogP contribution in [0.2, 0.25) is 0 Å². The van der Waals surface area contributed by atoms with E-state index in [4.69, 9.17) is 9.47 Å². The molecule has 1 aromatic carbocycles. The van der Waals surface area contributed by atoms with Crippen LogP contribution in [-0.4, -0.2) is 31.0 Å². The molecule has 0 bridgehead atoms. The summed E-state index contributed by atoms with van der Waals surface area (Å²) >= 11 is 0. The summed E-state index contributed by atoms with van der Waals surface area (Å²) in [5.41, 5.74) is 1.18. The zero-order valence-corrected chi connectivity index (χ0v) is 12.4. The van der Waals surface area contributed by atoms with Gasteiger partial charge < -0.3 is 19.9 Å². The van der Waals surface area contributed by atoms with Gasteiger partial charge in [0.15, 0.2) is 11.5 Å². The van der Waals surface area contributed by atoms with Crippen molar-refractivity contribution in [1.82, 2.24) is 5.32 Å². The lowest BCUT2D eigenvalue weighted by Crippen LogP contribution is -2.23. The van der Waals surface area contributed by atoms with Crippen LogP contribution in [0.15, 0.2) is 18.2 Å². The fourth-order valence-corrected chi connectivity index (χ4v) is 2.24. The SMILES string of the molecule is CCC(O)CCNC(C)c1ccc2c(c1)OCCCO2. The average Bonchev–Trinajstić information content (AvgIpc) is 2.71. The Morgan fingerprint density at radius 3 is 2.75 bits per heavy atom. The first-order chi connectivity index (χ1) is 9.70. The van der Waals surface area contributed by atoms with Gasteiger partial charge in [0.25, 0.3) is 0 Å². The van der Waals surface area contributed by atoms with E-state index in [1.54, 1.807) is 0 Å². The lowest BCUT2D eigenvalue weighted by Gasteiger charge is -2.17. The minimum absolute atomic E-state index is 0.210. The summed E-state index contributed by atoms with van der Waals surface area (Å²) in [5.74, 6) is 1.67. The summed E-state index contributed by atoms with van der Waals surface area (Å²) < 4.78 is 11.3. The largest absolute Gasteiger partial charge is 0.490 e. The second-order valence-electron chi connectivity index (χ2n) is 5.28. The molecular formula is C16H25NO3. The number of aliphatic hydroxyl groups is 1. The van der Waals surface area contributed by atoms with Gasteiger partial charge in [-0.2, -0.15) is 0 Å². The molecule has 0 aromatic heterocycles. The number of nitrogens with one attached hydrogen (secondary N) is 1. The van der Waals surface area contributed by atoms with Crippen LogP contribution in [0.1, 0.15) is 44.7 Å². The minimum atomic E-state index is -0.210. The van der Waals surface area contributed by atoms with E-state index in [0.29, 0.717) is 6.61 Å². The van der Waals surface area contributed by atoms with Crippen LogP contribution in [0.3, 0.4) is 0 Å². The Morgan fingerprint density at radius 2 is 2.00 bits per heavy atom. The summed E-state index contributed by atoms with van der Waals surface area (Å²) in [7, 11) is 0. The third kappa shape index (κ3) is 4.12. The van der Waals surface area contributed by atoms with Gasteiger partial charge in [-0.15, -0.1) is 0 Å². The molecule has 1 aromatic rings. The number of ether oxygens (including phenoxy) is 2. The van der Waals surface area contributed by atoms with Gasteiger partial charge in [0, 0.05) is 12.5 Å². The van der Waals surface area contributed by atoms with E-state index in [9.17, 15) is 5.11 Å². The number of benzene rings is 1. The van der Waals surface area contributed by atoms with Crippen molar-refractivity contribution in [2.45, 2.75) is 45.3 Å². The smallest absolute Gasteiger partial charge is 0.161 e. The molecule has 1 heterocycles. The fraction of sp³-hybridized carbons (Fsp3) is 0.625. The molecule has 2 atom stereocenters. The molecule has 4 heteroatoms. The van der Waals surface area contributed by atoms with Crippen molar-refractivity contribution in [1.29, 1.82) is 0 Å². The quantitative estimate of drug-likeness (QED) is 0.840. The standard InChI is InChI=1S/C16H25NO3/c1-3-14(18)7-8-17-12(2)13-5-6-15-16(11-13)20-10-4-9-19-15/h5-6,11-12,14,17-18H,3-4,7-10H2,1-2H3. The molecule has 0 saturated carbocycles. The fourth-order valence-electron chi connectivity index (χ4n) is 2.24. The Labute approximate surface area is 121 Å². The van der Waals surface area contributed by atoms with E-state index < -0.39 is 0 Å². The van der Waals surface area contributed by atoms with Crippen LogP contribution in [-0.2, 0) is 0 Å². The lowest BCUT2D eigenvalue weighted by atomic mass is 10.1. The Hall–Kier alpha value is -1.26. The van der Waals surface area contributed by atoms with E-state index in [-0.39, 0.29) is 12.1 Å². The highest BCUT2D eigenvalue weighted by atomic mass is 16.5. The third-order valence-corrected chi connectivity index (χ3v) is 3.67. The maximum absolute atomic E-state index is 9.55. The van der Waals surface area contributed by atoms with E-state index in [0.717, 1.165) is 43.9 Å². The molecule has 0 spiro atoms. The monoisotopic (exact) mass is 279 g/mol. The van der Waals surface area contributed by atoms with Gasteiger partial charge in [-0.05, 0) is 44.0 Å². The van der Waals surface area contributed by atoms with Crippen molar-refractivity contribution in [2.24, 2.45) is 0 Å². The predicted octanol–water partition coefficient (Wildman–Crippen LogP) is 2.66. The van der Waals surface area contributed by atoms with Crippen LogP contribution >= 0.6 is 0 Å². The number of fused-ring (bicyclic) bond motifs is 1. The van der Waals surface area contributed by atoms with Crippen molar-refractivity contribution in [3.63, 3.8) is 0 Å². The van der Waals surface area contributed by atoms with Crippen LogP contribution in [0.25, 0.3) is 0 Å². The maximum atomic E-state index is 9.55. The molecule has 0 amide bonds. The third-order valence-electron chi connectivity index (χ3n) is 3.67. The Balaban J connectivity index is 1.93. The number of hydrogen-bond donors (Lipinski definition) is 2. The van der Waals surface area contributed by atoms with Crippen LogP contribution < -0.4 is 14.8 Å².